The molecule has 2 aromatic rings. The molecular weight excluding hydrogens is 349 g/mol. The van der Waals surface area contributed by atoms with Gasteiger partial charge in [0.15, 0.2) is 0 Å². The fourth-order valence-corrected chi connectivity index (χ4v) is 8.13. The van der Waals surface area contributed by atoms with Crippen molar-refractivity contribution in [2.75, 3.05) is 13.1 Å². The Morgan fingerprint density at radius 1 is 1.08 bits per heavy atom. The van der Waals surface area contributed by atoms with Crippen LogP contribution in [0.25, 0.3) is 0 Å². The highest BCUT2D eigenvalue weighted by Gasteiger charge is 2.42. The molecule has 0 spiro atoms. The highest BCUT2D eigenvalue weighted by molar-refractivity contribution is 7.73. The van der Waals surface area contributed by atoms with E-state index in [1.54, 1.807) is 0 Å². The summed E-state index contributed by atoms with van der Waals surface area (Å²) in [7, 11) is -1.98. The van der Waals surface area contributed by atoms with Crippen LogP contribution in [-0.4, -0.2) is 27.9 Å². The molecule has 2 heterocycles. The lowest BCUT2D eigenvalue weighted by Gasteiger charge is -2.43. The number of benzene rings is 1. The molecule has 1 atom stereocenters. The second kappa shape index (κ2) is 7.23. The normalized spacial score (nSPS) is 18.1. The van der Waals surface area contributed by atoms with E-state index in [0.717, 1.165) is 29.4 Å². The Bertz CT molecular complexity index is 790. The molecule has 1 aliphatic rings. The molecule has 1 saturated heterocycles. The van der Waals surface area contributed by atoms with Crippen molar-refractivity contribution >= 4 is 29.8 Å². The topological polar surface area (TPSA) is 28.5 Å². The summed E-state index contributed by atoms with van der Waals surface area (Å²) >= 11 is 6.39. The Balaban J connectivity index is 2.30. The molecule has 0 saturated carbocycles. The van der Waals surface area contributed by atoms with Crippen LogP contribution in [0.3, 0.4) is 0 Å². The number of halogens is 1. The maximum atomic E-state index is 6.39. The lowest BCUT2D eigenvalue weighted by Crippen LogP contribution is -2.35. The summed E-state index contributed by atoms with van der Waals surface area (Å²) < 4.78 is 8.08. The molecule has 3 nitrogen and oxygen atoms in total. The van der Waals surface area contributed by atoms with E-state index in [9.17, 15) is 0 Å². The van der Waals surface area contributed by atoms with Crippen LogP contribution in [-0.2, 0) is 0 Å². The maximum absolute atomic E-state index is 6.39. The molecular formula is C20H27ClN3P. The van der Waals surface area contributed by atoms with Crippen LogP contribution < -0.4 is 5.30 Å². The van der Waals surface area contributed by atoms with Crippen molar-refractivity contribution in [3.8, 4) is 0 Å². The van der Waals surface area contributed by atoms with E-state index in [2.05, 4.69) is 54.7 Å². The van der Waals surface area contributed by atoms with Gasteiger partial charge in [0.1, 0.15) is 0 Å². The van der Waals surface area contributed by atoms with Gasteiger partial charge in [-0.1, -0.05) is 38.4 Å². The Labute approximate surface area is 156 Å². The van der Waals surface area contributed by atoms with Gasteiger partial charge < -0.3 is 0 Å². The second-order valence-corrected chi connectivity index (χ2v) is 11.9. The average molecular weight is 376 g/mol. The summed E-state index contributed by atoms with van der Waals surface area (Å²) in [5.41, 5.74) is 2.06. The van der Waals surface area contributed by atoms with Gasteiger partial charge in [-0.05, 0) is 49.6 Å². The van der Waals surface area contributed by atoms with Gasteiger partial charge in [0.25, 0.3) is 0 Å². The average Bonchev–Trinajstić information content (AvgIpc) is 3.10. The first-order chi connectivity index (χ1) is 11.8. The summed E-state index contributed by atoms with van der Waals surface area (Å²) in [6, 6.07) is 10.5. The van der Waals surface area contributed by atoms with E-state index in [1.165, 1.54) is 18.1 Å². The van der Waals surface area contributed by atoms with Crippen molar-refractivity contribution in [1.29, 1.82) is 0 Å². The molecule has 5 heteroatoms. The first kappa shape index (κ1) is 18.6. The van der Waals surface area contributed by atoms with Crippen LogP contribution in [0, 0.1) is 6.92 Å². The summed E-state index contributed by atoms with van der Waals surface area (Å²) in [5, 5.41) is 2.11. The van der Waals surface area contributed by atoms with Crippen molar-refractivity contribution in [3.05, 3.63) is 53.3 Å². The standard InChI is InChI=1S/C20H27ClN3P/c1-16-7-8-17(15-19(16)21)23-25(20(2,3)4,24-13-5-6-14-24)18-9-11-22-12-10-18/h7-12,15H,5-6,13-14H2,1-4H3/t25-/m0/s1. The van der Waals surface area contributed by atoms with Crippen LogP contribution in [0.15, 0.2) is 47.5 Å². The summed E-state index contributed by atoms with van der Waals surface area (Å²) in [6.45, 7) is 11.2. The van der Waals surface area contributed by atoms with Gasteiger partial charge in [-0.25, -0.2) is 4.74 Å². The highest BCUT2D eigenvalue weighted by atomic mass is 35.5. The number of aromatic nitrogens is 1. The quantitative estimate of drug-likeness (QED) is 0.614. The molecule has 0 radical (unpaired) electrons. The molecule has 3 rings (SSSR count). The Kier molecular flexibility index (Phi) is 5.39. The SMILES string of the molecule is Cc1ccc(N=[P@@](c2ccncc2)(N2CCCC2)C(C)(C)C)cc1Cl. The van der Waals surface area contributed by atoms with Gasteiger partial charge in [0, 0.05) is 41.0 Å². The molecule has 1 aromatic heterocycles. The van der Waals surface area contributed by atoms with E-state index >= 15 is 0 Å². The molecule has 0 bridgehead atoms. The summed E-state index contributed by atoms with van der Waals surface area (Å²) in [5.74, 6) is 0. The van der Waals surface area contributed by atoms with E-state index in [1.807, 2.05) is 25.4 Å². The minimum absolute atomic E-state index is 0.0239. The van der Waals surface area contributed by atoms with Crippen molar-refractivity contribution < 1.29 is 0 Å². The monoisotopic (exact) mass is 375 g/mol. The molecule has 0 N–H and O–H groups in total. The van der Waals surface area contributed by atoms with E-state index in [0.29, 0.717) is 0 Å². The number of pyridine rings is 1. The van der Waals surface area contributed by atoms with Gasteiger partial charge in [0.2, 0.25) is 0 Å². The zero-order valence-corrected chi connectivity index (χ0v) is 17.2. The molecule has 1 fully saturated rings. The molecule has 0 amide bonds. The molecule has 0 aliphatic carbocycles. The minimum Gasteiger partial charge on any atom is -0.265 e. The van der Waals surface area contributed by atoms with Crippen molar-refractivity contribution in [1.82, 2.24) is 9.65 Å². The number of hydrogen-bond donors (Lipinski definition) is 0. The van der Waals surface area contributed by atoms with Gasteiger partial charge in [-0.3, -0.25) is 9.65 Å². The zero-order chi connectivity index (χ0) is 18.1. The lowest BCUT2D eigenvalue weighted by atomic mass is 10.2. The summed E-state index contributed by atoms with van der Waals surface area (Å²) in [4.78, 5) is 4.24. The lowest BCUT2D eigenvalue weighted by molar-refractivity contribution is 0.538. The number of hydrogen-bond acceptors (Lipinski definition) is 2. The molecule has 25 heavy (non-hydrogen) atoms. The Morgan fingerprint density at radius 2 is 1.72 bits per heavy atom. The second-order valence-electron chi connectivity index (χ2n) is 7.67. The minimum atomic E-state index is -1.98. The van der Waals surface area contributed by atoms with Gasteiger partial charge >= 0.3 is 0 Å². The van der Waals surface area contributed by atoms with Crippen LogP contribution in [0.2, 0.25) is 5.02 Å². The third kappa shape index (κ3) is 3.56. The van der Waals surface area contributed by atoms with Gasteiger partial charge in [0.05, 0.1) is 12.9 Å². The van der Waals surface area contributed by atoms with Gasteiger partial charge in [-0.15, -0.1) is 0 Å². The Morgan fingerprint density at radius 3 is 2.28 bits per heavy atom. The highest BCUT2D eigenvalue weighted by Crippen LogP contribution is 2.64. The third-order valence-electron chi connectivity index (χ3n) is 4.87. The first-order valence-corrected chi connectivity index (χ1v) is 11.0. The van der Waals surface area contributed by atoms with E-state index < -0.39 is 7.21 Å². The number of aryl methyl sites for hydroxylation is 1. The van der Waals surface area contributed by atoms with Crippen molar-refractivity contribution in [3.63, 3.8) is 0 Å². The predicted octanol–water partition coefficient (Wildman–Crippen LogP) is 6.01. The van der Waals surface area contributed by atoms with Crippen LogP contribution in [0.1, 0.15) is 39.2 Å². The molecule has 1 aromatic carbocycles. The van der Waals surface area contributed by atoms with Crippen LogP contribution >= 0.6 is 18.8 Å². The third-order valence-corrected chi connectivity index (χ3v) is 9.90. The zero-order valence-electron chi connectivity index (χ0n) is 15.5. The van der Waals surface area contributed by atoms with E-state index in [4.69, 9.17) is 16.3 Å². The fraction of sp³-hybridized carbons (Fsp3) is 0.450. The van der Waals surface area contributed by atoms with Gasteiger partial charge in [-0.2, -0.15) is 0 Å². The maximum Gasteiger partial charge on any atom is 0.0720 e. The smallest absolute Gasteiger partial charge is 0.0720 e. The summed E-state index contributed by atoms with van der Waals surface area (Å²) in [6.07, 6.45) is 6.27. The number of rotatable bonds is 3. The predicted molar refractivity (Wildman–Crippen MR) is 110 cm³/mol. The molecule has 1 aliphatic heterocycles. The molecule has 134 valence electrons. The van der Waals surface area contributed by atoms with E-state index in [-0.39, 0.29) is 5.16 Å². The van der Waals surface area contributed by atoms with Crippen molar-refractivity contribution in [2.45, 2.75) is 45.7 Å². The molecule has 0 unspecified atom stereocenters. The van der Waals surface area contributed by atoms with Crippen LogP contribution in [0.4, 0.5) is 5.69 Å². The number of nitrogens with zero attached hydrogens (tertiary/aromatic N) is 3. The van der Waals surface area contributed by atoms with Crippen LogP contribution in [0.5, 0.6) is 0 Å². The largest absolute Gasteiger partial charge is 0.265 e. The Hall–Kier alpha value is -1.15. The fourth-order valence-electron chi connectivity index (χ4n) is 3.60. The van der Waals surface area contributed by atoms with Crippen molar-refractivity contribution in [2.24, 2.45) is 4.74 Å². The first-order valence-electron chi connectivity index (χ1n) is 8.89.